The summed E-state index contributed by atoms with van der Waals surface area (Å²) in [6.07, 6.45) is 5.51. The van der Waals surface area contributed by atoms with E-state index in [4.69, 9.17) is 9.47 Å². The lowest BCUT2D eigenvalue weighted by atomic mass is 10.1. The van der Waals surface area contributed by atoms with Crippen LogP contribution < -0.4 is 20.1 Å². The van der Waals surface area contributed by atoms with Gasteiger partial charge in [0.1, 0.15) is 11.1 Å². The molecule has 0 saturated heterocycles. The van der Waals surface area contributed by atoms with Gasteiger partial charge in [-0.05, 0) is 64.3 Å². The van der Waals surface area contributed by atoms with Crippen molar-refractivity contribution in [1.82, 2.24) is 4.90 Å². The number of aryl methyl sites for hydroxylation is 1. The Morgan fingerprint density at radius 2 is 1.80 bits per heavy atom. The number of thiophene rings is 1. The van der Waals surface area contributed by atoms with E-state index in [1.165, 1.54) is 22.6 Å². The van der Waals surface area contributed by atoms with Crippen LogP contribution in [0.1, 0.15) is 55.5 Å². The van der Waals surface area contributed by atoms with Crippen molar-refractivity contribution in [1.29, 1.82) is 5.26 Å². The van der Waals surface area contributed by atoms with E-state index in [0.29, 0.717) is 47.5 Å². The van der Waals surface area contributed by atoms with Crippen molar-refractivity contribution in [2.24, 2.45) is 0 Å². The Morgan fingerprint density at radius 3 is 2.54 bits per heavy atom. The third-order valence-electron chi connectivity index (χ3n) is 5.75. The molecule has 1 heterocycles. The first-order valence-electron chi connectivity index (χ1n) is 12.2. The second-order valence-electron chi connectivity index (χ2n) is 8.49. The van der Waals surface area contributed by atoms with Gasteiger partial charge in [0.2, 0.25) is 11.8 Å². The zero-order valence-corrected chi connectivity index (χ0v) is 21.6. The number of benzene rings is 1. The van der Waals surface area contributed by atoms with Gasteiger partial charge >= 0.3 is 0 Å². The molecule has 0 unspecified atom stereocenters. The molecule has 0 fully saturated rings. The van der Waals surface area contributed by atoms with Crippen LogP contribution in [0.2, 0.25) is 0 Å². The number of fused-ring (bicyclic) bond motifs is 1. The average Bonchev–Trinajstić information content (AvgIpc) is 2.98. The van der Waals surface area contributed by atoms with E-state index in [1.54, 1.807) is 30.1 Å². The molecule has 1 aromatic carbocycles. The number of hydrogen-bond acceptors (Lipinski definition) is 7. The molecule has 0 spiro atoms. The van der Waals surface area contributed by atoms with Gasteiger partial charge in [-0.1, -0.05) is 6.42 Å². The molecule has 2 amide bonds. The van der Waals surface area contributed by atoms with E-state index in [1.807, 2.05) is 13.8 Å². The highest BCUT2D eigenvalue weighted by atomic mass is 32.1. The first-order chi connectivity index (χ1) is 16.9. The summed E-state index contributed by atoms with van der Waals surface area (Å²) in [7, 11) is 1.80. The zero-order chi connectivity index (χ0) is 25.2. The summed E-state index contributed by atoms with van der Waals surface area (Å²) in [5.74, 6) is 0.878. The molecule has 0 radical (unpaired) electrons. The van der Waals surface area contributed by atoms with Gasteiger partial charge in [0.05, 0.1) is 25.3 Å². The molecule has 1 aromatic heterocycles. The molecule has 3 rings (SSSR count). The number of likely N-dealkylation sites (N-methyl/N-ethyl adjacent to an activating group) is 1. The average molecular weight is 499 g/mol. The van der Waals surface area contributed by atoms with Crippen LogP contribution in [0.25, 0.3) is 0 Å². The molecule has 2 N–H and O–H groups in total. The summed E-state index contributed by atoms with van der Waals surface area (Å²) in [6.45, 7) is 5.37. The number of nitriles is 1. The third kappa shape index (κ3) is 7.44. The predicted molar refractivity (Wildman–Crippen MR) is 138 cm³/mol. The highest BCUT2D eigenvalue weighted by Gasteiger charge is 2.21. The SMILES string of the molecule is CCOc1ccc(NC(=O)CN(C)CCC(=O)Nc2sc3c(c2C#N)CCCCC3)cc1OCC. The Labute approximate surface area is 211 Å². The highest BCUT2D eigenvalue weighted by molar-refractivity contribution is 7.16. The minimum atomic E-state index is -0.187. The zero-order valence-electron chi connectivity index (χ0n) is 20.7. The van der Waals surface area contributed by atoms with Gasteiger partial charge in [0.15, 0.2) is 11.5 Å². The van der Waals surface area contributed by atoms with Crippen LogP contribution in [0, 0.1) is 11.3 Å². The fraction of sp³-hybridized carbons (Fsp3) is 0.500. The molecular weight excluding hydrogens is 464 g/mol. The minimum absolute atomic E-state index is 0.140. The summed E-state index contributed by atoms with van der Waals surface area (Å²) in [5.41, 5.74) is 2.35. The standard InChI is InChI=1S/C26H34N4O4S/c1-4-33-21-12-11-18(15-22(21)34-5-2)28-25(32)17-30(3)14-13-24(31)29-26-20(16-27)19-9-7-6-8-10-23(19)35-26/h11-12,15H,4-10,13-14,17H2,1-3H3,(H,28,32)(H,29,31). The Hall–Kier alpha value is -3.09. The second kappa shape index (κ2) is 13.1. The second-order valence-corrected chi connectivity index (χ2v) is 9.60. The number of anilines is 2. The number of hydrogen-bond donors (Lipinski definition) is 2. The van der Waals surface area contributed by atoms with E-state index < -0.39 is 0 Å². The lowest BCUT2D eigenvalue weighted by Gasteiger charge is -2.17. The van der Waals surface area contributed by atoms with E-state index in [9.17, 15) is 14.9 Å². The number of ether oxygens (including phenoxy) is 2. The Balaban J connectivity index is 1.49. The molecule has 2 aromatic rings. The first kappa shape index (κ1) is 26.5. The molecule has 1 aliphatic carbocycles. The van der Waals surface area contributed by atoms with E-state index in [0.717, 1.165) is 31.2 Å². The van der Waals surface area contributed by atoms with E-state index >= 15 is 0 Å². The smallest absolute Gasteiger partial charge is 0.238 e. The number of carbonyl (C=O) groups is 2. The minimum Gasteiger partial charge on any atom is -0.490 e. The van der Waals surface area contributed by atoms with Crippen molar-refractivity contribution in [2.45, 2.75) is 52.4 Å². The number of amides is 2. The van der Waals surface area contributed by atoms with Crippen LogP contribution in [-0.2, 0) is 22.4 Å². The summed E-state index contributed by atoms with van der Waals surface area (Å²) < 4.78 is 11.2. The van der Waals surface area contributed by atoms with Gasteiger partial charge in [0.25, 0.3) is 0 Å². The maximum atomic E-state index is 12.6. The monoisotopic (exact) mass is 498 g/mol. The van der Waals surface area contributed by atoms with Gasteiger partial charge in [0, 0.05) is 29.6 Å². The van der Waals surface area contributed by atoms with Crippen LogP contribution in [0.3, 0.4) is 0 Å². The van der Waals surface area contributed by atoms with Crippen molar-refractivity contribution < 1.29 is 19.1 Å². The maximum absolute atomic E-state index is 12.6. The number of carbonyl (C=O) groups excluding carboxylic acids is 2. The number of nitrogens with one attached hydrogen (secondary N) is 2. The Bertz CT molecular complexity index is 1080. The molecule has 0 atom stereocenters. The van der Waals surface area contributed by atoms with Gasteiger partial charge in [-0.25, -0.2) is 0 Å². The lowest BCUT2D eigenvalue weighted by Crippen LogP contribution is -2.32. The number of rotatable bonds is 11. The van der Waals surface area contributed by atoms with Crippen LogP contribution in [0.5, 0.6) is 11.5 Å². The molecule has 9 heteroatoms. The molecule has 0 bridgehead atoms. The van der Waals surface area contributed by atoms with Gasteiger partial charge in [-0.2, -0.15) is 5.26 Å². The summed E-state index contributed by atoms with van der Waals surface area (Å²) in [5, 5.41) is 16.1. The summed E-state index contributed by atoms with van der Waals surface area (Å²) in [4.78, 5) is 28.1. The predicted octanol–water partition coefficient (Wildman–Crippen LogP) is 4.59. The first-order valence-corrected chi connectivity index (χ1v) is 13.0. The molecular formula is C26H34N4O4S. The van der Waals surface area contributed by atoms with Crippen LogP contribution >= 0.6 is 11.3 Å². The fourth-order valence-corrected chi connectivity index (χ4v) is 5.34. The van der Waals surface area contributed by atoms with Crippen molar-refractivity contribution in [2.75, 3.05) is 44.0 Å². The molecule has 8 nitrogen and oxygen atoms in total. The van der Waals surface area contributed by atoms with Gasteiger partial charge < -0.3 is 20.1 Å². The number of nitrogens with zero attached hydrogens (tertiary/aromatic N) is 2. The lowest BCUT2D eigenvalue weighted by molar-refractivity contribution is -0.119. The highest BCUT2D eigenvalue weighted by Crippen LogP contribution is 2.37. The summed E-state index contributed by atoms with van der Waals surface area (Å²) >= 11 is 1.53. The van der Waals surface area contributed by atoms with Crippen LogP contribution in [0.4, 0.5) is 10.7 Å². The quantitative estimate of drug-likeness (QED) is 0.440. The fourth-order valence-electron chi connectivity index (χ4n) is 4.08. The van der Waals surface area contributed by atoms with Crippen LogP contribution in [0.15, 0.2) is 18.2 Å². The molecule has 0 aliphatic heterocycles. The van der Waals surface area contributed by atoms with Crippen molar-refractivity contribution in [3.63, 3.8) is 0 Å². The van der Waals surface area contributed by atoms with Crippen molar-refractivity contribution >= 4 is 33.8 Å². The Kier molecular flexibility index (Phi) is 9.94. The van der Waals surface area contributed by atoms with E-state index in [2.05, 4.69) is 16.7 Å². The largest absolute Gasteiger partial charge is 0.490 e. The van der Waals surface area contributed by atoms with Gasteiger partial charge in [-0.3, -0.25) is 14.5 Å². The normalized spacial score (nSPS) is 12.9. The molecule has 188 valence electrons. The molecule has 0 saturated carbocycles. The Morgan fingerprint density at radius 1 is 1.06 bits per heavy atom. The van der Waals surface area contributed by atoms with Crippen LogP contribution in [-0.4, -0.2) is 50.1 Å². The molecule has 1 aliphatic rings. The topological polar surface area (TPSA) is 104 Å². The maximum Gasteiger partial charge on any atom is 0.238 e. The summed E-state index contributed by atoms with van der Waals surface area (Å²) in [6, 6.07) is 7.58. The van der Waals surface area contributed by atoms with Crippen molar-refractivity contribution in [3.8, 4) is 17.6 Å². The van der Waals surface area contributed by atoms with Gasteiger partial charge in [-0.15, -0.1) is 11.3 Å². The van der Waals surface area contributed by atoms with Crippen molar-refractivity contribution in [3.05, 3.63) is 34.2 Å². The van der Waals surface area contributed by atoms with E-state index in [-0.39, 0.29) is 24.8 Å². The molecule has 35 heavy (non-hydrogen) atoms. The third-order valence-corrected chi connectivity index (χ3v) is 6.95.